The van der Waals surface area contributed by atoms with Crippen LogP contribution in [0.15, 0.2) is 22.7 Å². The first-order valence-corrected chi connectivity index (χ1v) is 6.78. The van der Waals surface area contributed by atoms with Crippen LogP contribution < -0.4 is 5.73 Å². The van der Waals surface area contributed by atoms with Crippen molar-refractivity contribution in [1.29, 1.82) is 0 Å². The molecule has 96 valence electrons. The molecule has 4 heteroatoms. The van der Waals surface area contributed by atoms with Gasteiger partial charge in [-0.25, -0.2) is 4.98 Å². The van der Waals surface area contributed by atoms with E-state index in [0.29, 0.717) is 6.54 Å². The lowest BCUT2D eigenvalue weighted by atomic mass is 10.1. The number of aryl methyl sites for hydroxylation is 1. The summed E-state index contributed by atoms with van der Waals surface area (Å²) in [6.45, 7) is 4.66. The van der Waals surface area contributed by atoms with Gasteiger partial charge in [0.1, 0.15) is 5.82 Å². The molecule has 2 N–H and O–H groups in total. The highest BCUT2D eigenvalue weighted by atomic mass is 79.9. The number of aromatic nitrogens is 2. The first-order valence-electron chi connectivity index (χ1n) is 5.99. The molecule has 0 saturated carbocycles. The van der Waals surface area contributed by atoms with Gasteiger partial charge >= 0.3 is 0 Å². The Kier molecular flexibility index (Phi) is 3.88. The Morgan fingerprint density at radius 3 is 2.61 bits per heavy atom. The topological polar surface area (TPSA) is 43.8 Å². The zero-order valence-corrected chi connectivity index (χ0v) is 12.6. The van der Waals surface area contributed by atoms with Gasteiger partial charge in [-0.05, 0) is 31.0 Å². The van der Waals surface area contributed by atoms with Crippen molar-refractivity contribution < 1.29 is 0 Å². The van der Waals surface area contributed by atoms with Crippen LogP contribution in [0.3, 0.4) is 0 Å². The molecule has 2 rings (SSSR count). The summed E-state index contributed by atoms with van der Waals surface area (Å²) in [5.41, 5.74) is 10.5. The van der Waals surface area contributed by atoms with Crippen molar-refractivity contribution in [3.8, 4) is 0 Å². The van der Waals surface area contributed by atoms with Crippen molar-refractivity contribution in [3.05, 3.63) is 51.0 Å². The van der Waals surface area contributed by atoms with Crippen LogP contribution in [-0.2, 0) is 20.0 Å². The largest absolute Gasteiger partial charge is 0.334 e. The van der Waals surface area contributed by atoms with Gasteiger partial charge in [-0.15, -0.1) is 0 Å². The summed E-state index contributed by atoms with van der Waals surface area (Å²) >= 11 is 3.57. The predicted octanol–water partition coefficient (Wildman–Crippen LogP) is 2.85. The summed E-state index contributed by atoms with van der Waals surface area (Å²) in [5, 5.41) is 0. The average molecular weight is 308 g/mol. The molecule has 0 aliphatic carbocycles. The van der Waals surface area contributed by atoms with Crippen molar-refractivity contribution in [1.82, 2.24) is 9.55 Å². The standard InChI is InChI=1S/C14H18BrN3/c1-9-4-5-11(6-12(9)15)7-13-10(2)18(3)14(8-16)17-13/h4-6H,7-8,16H2,1-3H3. The van der Waals surface area contributed by atoms with Crippen LogP contribution in [0, 0.1) is 13.8 Å². The van der Waals surface area contributed by atoms with E-state index >= 15 is 0 Å². The maximum absolute atomic E-state index is 5.68. The van der Waals surface area contributed by atoms with E-state index in [4.69, 9.17) is 5.73 Å². The Labute approximate surface area is 116 Å². The molecule has 0 fully saturated rings. The number of nitrogens with two attached hydrogens (primary N) is 1. The van der Waals surface area contributed by atoms with Gasteiger partial charge in [-0.3, -0.25) is 0 Å². The first kappa shape index (κ1) is 13.3. The Bertz CT molecular complexity index is 573. The maximum Gasteiger partial charge on any atom is 0.122 e. The van der Waals surface area contributed by atoms with Gasteiger partial charge in [-0.2, -0.15) is 0 Å². The highest BCUT2D eigenvalue weighted by Crippen LogP contribution is 2.20. The van der Waals surface area contributed by atoms with Gasteiger partial charge in [-0.1, -0.05) is 28.1 Å². The fourth-order valence-electron chi connectivity index (χ4n) is 1.99. The molecule has 0 radical (unpaired) electrons. The molecule has 1 aromatic carbocycles. The van der Waals surface area contributed by atoms with Crippen LogP contribution in [0.5, 0.6) is 0 Å². The molecule has 2 aromatic rings. The Hall–Kier alpha value is -1.13. The summed E-state index contributed by atoms with van der Waals surface area (Å²) in [7, 11) is 2.01. The van der Waals surface area contributed by atoms with E-state index in [1.54, 1.807) is 0 Å². The van der Waals surface area contributed by atoms with Gasteiger partial charge in [0.15, 0.2) is 0 Å². The molecular weight excluding hydrogens is 290 g/mol. The van der Waals surface area contributed by atoms with Crippen LogP contribution >= 0.6 is 15.9 Å². The van der Waals surface area contributed by atoms with Gasteiger partial charge in [0.2, 0.25) is 0 Å². The minimum Gasteiger partial charge on any atom is -0.334 e. The maximum atomic E-state index is 5.68. The van der Waals surface area contributed by atoms with Crippen molar-refractivity contribution in [3.63, 3.8) is 0 Å². The zero-order chi connectivity index (χ0) is 13.3. The molecule has 0 aliphatic heterocycles. The third kappa shape index (κ3) is 2.49. The highest BCUT2D eigenvalue weighted by molar-refractivity contribution is 9.10. The average Bonchev–Trinajstić information content (AvgIpc) is 2.62. The quantitative estimate of drug-likeness (QED) is 0.947. The van der Waals surface area contributed by atoms with Crippen LogP contribution in [-0.4, -0.2) is 9.55 Å². The van der Waals surface area contributed by atoms with E-state index in [1.165, 1.54) is 16.8 Å². The molecular formula is C14H18BrN3. The van der Waals surface area contributed by atoms with Crippen LogP contribution in [0.25, 0.3) is 0 Å². The van der Waals surface area contributed by atoms with Gasteiger partial charge in [0, 0.05) is 23.6 Å². The molecule has 1 aromatic heterocycles. The summed E-state index contributed by atoms with van der Waals surface area (Å²) in [4.78, 5) is 4.60. The summed E-state index contributed by atoms with van der Waals surface area (Å²) < 4.78 is 3.21. The normalized spacial score (nSPS) is 10.9. The number of imidazole rings is 1. The highest BCUT2D eigenvalue weighted by Gasteiger charge is 2.10. The minimum absolute atomic E-state index is 0.481. The van der Waals surface area contributed by atoms with E-state index in [2.05, 4.69) is 57.5 Å². The van der Waals surface area contributed by atoms with Crippen LogP contribution in [0.1, 0.15) is 28.3 Å². The number of nitrogens with zero attached hydrogens (tertiary/aromatic N) is 2. The first-order chi connectivity index (χ1) is 8.52. The molecule has 1 heterocycles. The Morgan fingerprint density at radius 2 is 2.06 bits per heavy atom. The molecule has 0 atom stereocenters. The molecule has 3 nitrogen and oxygen atoms in total. The van der Waals surface area contributed by atoms with Crippen LogP contribution in [0.4, 0.5) is 0 Å². The number of hydrogen-bond donors (Lipinski definition) is 1. The third-order valence-corrected chi connectivity index (χ3v) is 4.22. The molecule has 18 heavy (non-hydrogen) atoms. The zero-order valence-electron chi connectivity index (χ0n) is 11.0. The van der Waals surface area contributed by atoms with Crippen molar-refractivity contribution in [2.24, 2.45) is 12.8 Å². The fraction of sp³-hybridized carbons (Fsp3) is 0.357. The molecule has 0 aliphatic rings. The SMILES string of the molecule is Cc1ccc(Cc2nc(CN)n(C)c2C)cc1Br. The summed E-state index contributed by atoms with van der Waals surface area (Å²) in [6.07, 6.45) is 0.846. The number of rotatable bonds is 3. The smallest absolute Gasteiger partial charge is 0.122 e. The number of hydrogen-bond acceptors (Lipinski definition) is 2. The van der Waals surface area contributed by atoms with E-state index in [-0.39, 0.29) is 0 Å². The Morgan fingerprint density at radius 1 is 1.33 bits per heavy atom. The van der Waals surface area contributed by atoms with Crippen LogP contribution in [0.2, 0.25) is 0 Å². The summed E-state index contributed by atoms with van der Waals surface area (Å²) in [5.74, 6) is 0.939. The van der Waals surface area contributed by atoms with Gasteiger partial charge in [0.05, 0.1) is 12.2 Å². The predicted molar refractivity (Wildman–Crippen MR) is 77.5 cm³/mol. The van der Waals surface area contributed by atoms with Gasteiger partial charge in [0.25, 0.3) is 0 Å². The molecule has 0 amide bonds. The third-order valence-electron chi connectivity index (χ3n) is 3.36. The lowest BCUT2D eigenvalue weighted by molar-refractivity contribution is 0.774. The van der Waals surface area contributed by atoms with E-state index in [0.717, 1.165) is 22.4 Å². The molecule has 0 bridgehead atoms. The van der Waals surface area contributed by atoms with E-state index in [9.17, 15) is 0 Å². The van der Waals surface area contributed by atoms with Crippen molar-refractivity contribution >= 4 is 15.9 Å². The van der Waals surface area contributed by atoms with E-state index < -0.39 is 0 Å². The minimum atomic E-state index is 0.481. The fourth-order valence-corrected chi connectivity index (χ4v) is 2.41. The molecule has 0 unspecified atom stereocenters. The van der Waals surface area contributed by atoms with Crippen molar-refractivity contribution in [2.75, 3.05) is 0 Å². The lowest BCUT2D eigenvalue weighted by Gasteiger charge is -2.04. The van der Waals surface area contributed by atoms with Gasteiger partial charge < -0.3 is 10.3 Å². The second-order valence-corrected chi connectivity index (χ2v) is 5.44. The van der Waals surface area contributed by atoms with Crippen molar-refractivity contribution in [2.45, 2.75) is 26.8 Å². The number of benzene rings is 1. The van der Waals surface area contributed by atoms with E-state index in [1.807, 2.05) is 7.05 Å². The summed E-state index contributed by atoms with van der Waals surface area (Å²) in [6, 6.07) is 6.43. The molecule has 0 saturated heterocycles. The second-order valence-electron chi connectivity index (χ2n) is 4.58. The second kappa shape index (κ2) is 5.24. The lowest BCUT2D eigenvalue weighted by Crippen LogP contribution is -2.05. The Balaban J connectivity index is 2.31. The monoisotopic (exact) mass is 307 g/mol. The molecule has 0 spiro atoms. The number of halogens is 1.